The minimum atomic E-state index is -1.46. The van der Waals surface area contributed by atoms with Crippen LogP contribution in [0.3, 0.4) is 0 Å². The molecule has 1 atom stereocenters. The van der Waals surface area contributed by atoms with Gasteiger partial charge in [-0.2, -0.15) is 0 Å². The van der Waals surface area contributed by atoms with Crippen LogP contribution in [0.5, 0.6) is 0 Å². The molecule has 0 bridgehead atoms. The first-order valence-electron chi connectivity index (χ1n) is 5.68. The van der Waals surface area contributed by atoms with Crippen LogP contribution in [0.15, 0.2) is 30.3 Å². The third kappa shape index (κ3) is 5.37. The van der Waals surface area contributed by atoms with Gasteiger partial charge in [0.1, 0.15) is 8.07 Å². The largest absolute Gasteiger partial charge is 0.481 e. The smallest absolute Gasteiger partial charge is 0.304 e. The molecule has 17 heavy (non-hydrogen) atoms. The first-order chi connectivity index (χ1) is 7.88. The lowest BCUT2D eigenvalue weighted by Crippen LogP contribution is -2.17. The molecule has 0 aliphatic carbocycles. The highest BCUT2D eigenvalue weighted by molar-refractivity contribution is 6.83. The van der Waals surface area contributed by atoms with Gasteiger partial charge < -0.3 is 5.11 Å². The molecule has 0 aromatic heterocycles. The third-order valence-corrected chi connectivity index (χ3v) is 3.10. The monoisotopic (exact) mass is 246 g/mol. The van der Waals surface area contributed by atoms with Crippen LogP contribution in [0.25, 0.3) is 0 Å². The number of hydrogen-bond donors (Lipinski definition) is 1. The van der Waals surface area contributed by atoms with E-state index in [9.17, 15) is 4.79 Å². The Bertz CT molecular complexity index is 435. The molecule has 1 aromatic rings. The first kappa shape index (κ1) is 13.5. The lowest BCUT2D eigenvalue weighted by Gasteiger charge is -2.10. The van der Waals surface area contributed by atoms with Gasteiger partial charge in [-0.05, 0) is 5.56 Å². The van der Waals surface area contributed by atoms with Crippen molar-refractivity contribution in [1.29, 1.82) is 0 Å². The number of carboxylic acids is 1. The molecule has 1 aromatic carbocycles. The van der Waals surface area contributed by atoms with E-state index in [4.69, 9.17) is 5.11 Å². The highest BCUT2D eigenvalue weighted by Crippen LogP contribution is 2.18. The summed E-state index contributed by atoms with van der Waals surface area (Å²) >= 11 is 0. The second-order valence-electron chi connectivity index (χ2n) is 5.08. The average Bonchev–Trinajstić information content (AvgIpc) is 2.24. The zero-order valence-corrected chi connectivity index (χ0v) is 11.5. The molecule has 0 aliphatic rings. The van der Waals surface area contributed by atoms with E-state index in [0.29, 0.717) is 0 Å². The van der Waals surface area contributed by atoms with Gasteiger partial charge in [-0.25, -0.2) is 0 Å². The molecule has 0 saturated carbocycles. The summed E-state index contributed by atoms with van der Waals surface area (Å²) in [5.41, 5.74) is 4.24. The maximum atomic E-state index is 10.9. The van der Waals surface area contributed by atoms with Gasteiger partial charge in [0.05, 0.1) is 12.3 Å². The Labute approximate surface area is 104 Å². The predicted octanol–water partition coefficient (Wildman–Crippen LogP) is 3.13. The summed E-state index contributed by atoms with van der Waals surface area (Å²) in [6, 6.07) is 9.63. The number of carbonyl (C=O) groups is 1. The Balaban J connectivity index is 2.96. The summed E-state index contributed by atoms with van der Waals surface area (Å²) in [5, 5.41) is 8.92. The molecule has 0 heterocycles. The van der Waals surface area contributed by atoms with Crippen molar-refractivity contribution in [1.82, 2.24) is 0 Å². The minimum absolute atomic E-state index is 0.0709. The van der Waals surface area contributed by atoms with Gasteiger partial charge in [0.2, 0.25) is 0 Å². The molecule has 0 amide bonds. The van der Waals surface area contributed by atoms with Gasteiger partial charge in [0.15, 0.2) is 0 Å². The fraction of sp³-hybridized carbons (Fsp3) is 0.357. The number of aliphatic carboxylic acids is 1. The molecule has 1 N–H and O–H groups in total. The molecule has 0 radical (unpaired) electrons. The van der Waals surface area contributed by atoms with E-state index < -0.39 is 14.0 Å². The Hall–Kier alpha value is -1.53. The summed E-state index contributed by atoms with van der Waals surface area (Å²) in [5.74, 6) is 2.14. The molecule has 0 spiro atoms. The Kier molecular flexibility index (Phi) is 4.53. The average molecular weight is 246 g/mol. The van der Waals surface area contributed by atoms with Gasteiger partial charge >= 0.3 is 5.97 Å². The van der Waals surface area contributed by atoms with E-state index >= 15 is 0 Å². The summed E-state index contributed by atoms with van der Waals surface area (Å²) < 4.78 is 0. The molecule has 2 nitrogen and oxygen atoms in total. The van der Waals surface area contributed by atoms with E-state index in [0.717, 1.165) is 5.56 Å². The van der Waals surface area contributed by atoms with Crippen molar-refractivity contribution in [2.75, 3.05) is 0 Å². The van der Waals surface area contributed by atoms with E-state index in [2.05, 4.69) is 31.1 Å². The van der Waals surface area contributed by atoms with Crippen LogP contribution in [0.4, 0.5) is 0 Å². The summed E-state index contributed by atoms with van der Waals surface area (Å²) in [6.45, 7) is 6.47. The van der Waals surface area contributed by atoms with Gasteiger partial charge in [-0.15, -0.1) is 11.5 Å². The quantitative estimate of drug-likeness (QED) is 0.657. The van der Waals surface area contributed by atoms with Crippen LogP contribution in [0.1, 0.15) is 17.9 Å². The molecule has 3 heteroatoms. The molecule has 0 unspecified atom stereocenters. The molecule has 1 rings (SSSR count). The maximum absolute atomic E-state index is 10.9. The minimum Gasteiger partial charge on any atom is -0.481 e. The summed E-state index contributed by atoms with van der Waals surface area (Å²) in [4.78, 5) is 10.9. The molecule has 0 saturated heterocycles. The van der Waals surface area contributed by atoms with Crippen molar-refractivity contribution in [3.05, 3.63) is 35.9 Å². The molecule has 0 aliphatic heterocycles. The van der Waals surface area contributed by atoms with E-state index in [-0.39, 0.29) is 12.3 Å². The van der Waals surface area contributed by atoms with Gasteiger partial charge in [-0.3, -0.25) is 4.79 Å². The molecular formula is C14H18O2Si. The van der Waals surface area contributed by atoms with Crippen LogP contribution < -0.4 is 0 Å². The van der Waals surface area contributed by atoms with E-state index in [1.807, 2.05) is 30.3 Å². The normalized spacial score (nSPS) is 12.4. The van der Waals surface area contributed by atoms with Crippen LogP contribution in [0, 0.1) is 11.5 Å². The van der Waals surface area contributed by atoms with Gasteiger partial charge in [0.25, 0.3) is 0 Å². The van der Waals surface area contributed by atoms with Crippen LogP contribution in [-0.4, -0.2) is 19.1 Å². The fourth-order valence-electron chi connectivity index (χ4n) is 1.42. The number of rotatable bonds is 3. The number of hydrogen-bond acceptors (Lipinski definition) is 1. The highest BCUT2D eigenvalue weighted by atomic mass is 28.3. The van der Waals surface area contributed by atoms with Crippen molar-refractivity contribution >= 4 is 14.0 Å². The SMILES string of the molecule is C[Si](C)(C)C#C[C@@H](CC(=O)O)c1ccccc1. The van der Waals surface area contributed by atoms with Gasteiger partial charge in [0, 0.05) is 0 Å². The Morgan fingerprint density at radius 3 is 2.35 bits per heavy atom. The molecule has 90 valence electrons. The number of benzene rings is 1. The van der Waals surface area contributed by atoms with Crippen LogP contribution in [-0.2, 0) is 4.79 Å². The topological polar surface area (TPSA) is 37.3 Å². The van der Waals surface area contributed by atoms with E-state index in [1.165, 1.54) is 0 Å². The zero-order chi connectivity index (χ0) is 12.9. The van der Waals surface area contributed by atoms with Crippen molar-refractivity contribution in [2.24, 2.45) is 0 Å². The summed E-state index contributed by atoms with van der Waals surface area (Å²) in [7, 11) is -1.46. The standard InChI is InChI=1S/C14H18O2Si/c1-17(2,3)10-9-13(11-14(15)16)12-7-5-4-6-8-12/h4-8,13H,11H2,1-3H3,(H,15,16)/t13-/m0/s1. The van der Waals surface area contributed by atoms with Crippen LogP contribution in [0.2, 0.25) is 19.6 Å². The lowest BCUT2D eigenvalue weighted by molar-refractivity contribution is -0.137. The Morgan fingerprint density at radius 2 is 1.88 bits per heavy atom. The molecule has 0 fully saturated rings. The lowest BCUT2D eigenvalue weighted by atomic mass is 9.97. The zero-order valence-electron chi connectivity index (χ0n) is 10.5. The Morgan fingerprint density at radius 1 is 1.29 bits per heavy atom. The van der Waals surface area contributed by atoms with Crippen molar-refractivity contribution in [3.63, 3.8) is 0 Å². The predicted molar refractivity (Wildman–Crippen MR) is 72.6 cm³/mol. The third-order valence-electron chi connectivity index (χ3n) is 2.20. The fourth-order valence-corrected chi connectivity index (χ4v) is 2.02. The first-order valence-corrected chi connectivity index (χ1v) is 9.18. The van der Waals surface area contributed by atoms with Crippen molar-refractivity contribution < 1.29 is 9.90 Å². The second-order valence-corrected chi connectivity index (χ2v) is 9.83. The summed E-state index contributed by atoms with van der Waals surface area (Å²) in [6.07, 6.45) is 0.0709. The van der Waals surface area contributed by atoms with Crippen LogP contribution >= 0.6 is 0 Å². The van der Waals surface area contributed by atoms with Gasteiger partial charge in [-0.1, -0.05) is 50.0 Å². The van der Waals surface area contributed by atoms with E-state index in [1.54, 1.807) is 0 Å². The second kappa shape index (κ2) is 5.69. The van der Waals surface area contributed by atoms with Crippen molar-refractivity contribution in [3.8, 4) is 11.5 Å². The molecular weight excluding hydrogens is 228 g/mol. The highest BCUT2D eigenvalue weighted by Gasteiger charge is 2.14. The maximum Gasteiger partial charge on any atom is 0.304 e. The van der Waals surface area contributed by atoms with Crippen molar-refractivity contribution in [2.45, 2.75) is 32.0 Å². The number of carboxylic acid groups (broad SMARTS) is 1.